The fourth-order valence-electron chi connectivity index (χ4n) is 2.23. The predicted molar refractivity (Wildman–Crippen MR) is 65.6 cm³/mol. The molecule has 0 bridgehead atoms. The minimum absolute atomic E-state index is 0.0801. The summed E-state index contributed by atoms with van der Waals surface area (Å²) in [6.45, 7) is -1.16. The second kappa shape index (κ2) is 6.38. The molecule has 0 unspecified atom stereocenters. The van der Waals surface area contributed by atoms with E-state index in [1.807, 2.05) is 0 Å². The number of hydrogen-bond acceptors (Lipinski definition) is 3. The lowest BCUT2D eigenvalue weighted by Crippen LogP contribution is -2.48. The Morgan fingerprint density at radius 1 is 1.11 bits per heavy atom. The summed E-state index contributed by atoms with van der Waals surface area (Å²) in [6.07, 6.45) is 0.0480. The number of nitrogens with two attached hydrogens (primary N) is 1. The second-order valence-electron chi connectivity index (χ2n) is 5.03. The molecule has 114 valence electrons. The summed E-state index contributed by atoms with van der Waals surface area (Å²) < 4.78 is 62.3. The Balaban J connectivity index is 2.49. The van der Waals surface area contributed by atoms with Crippen LogP contribution in [0.1, 0.15) is 32.1 Å². The van der Waals surface area contributed by atoms with E-state index in [-0.39, 0.29) is 12.0 Å². The van der Waals surface area contributed by atoms with Crippen molar-refractivity contribution >= 4 is 10.2 Å². The third-order valence-corrected chi connectivity index (χ3v) is 4.50. The molecule has 4 N–H and O–H groups in total. The molecule has 1 saturated carbocycles. The van der Waals surface area contributed by atoms with Crippen LogP contribution < -0.4 is 15.2 Å². The van der Waals surface area contributed by atoms with Crippen LogP contribution in [-0.2, 0) is 10.2 Å². The first-order valence-electron chi connectivity index (χ1n) is 6.19. The molecule has 0 amide bonds. The van der Waals surface area contributed by atoms with Gasteiger partial charge in [-0.05, 0) is 24.8 Å². The quantitative estimate of drug-likeness (QED) is 0.681. The third kappa shape index (κ3) is 6.07. The van der Waals surface area contributed by atoms with Gasteiger partial charge in [0.25, 0.3) is 10.2 Å². The number of rotatable bonds is 6. The molecule has 0 aliphatic heterocycles. The van der Waals surface area contributed by atoms with Crippen LogP contribution >= 0.6 is 0 Å². The molecule has 0 spiro atoms. The molecule has 0 heterocycles. The fourth-order valence-corrected chi connectivity index (χ4v) is 3.18. The van der Waals surface area contributed by atoms with E-state index in [2.05, 4.69) is 4.72 Å². The third-order valence-electron chi connectivity index (χ3n) is 3.45. The van der Waals surface area contributed by atoms with Gasteiger partial charge in [0.2, 0.25) is 0 Å². The summed E-state index contributed by atoms with van der Waals surface area (Å²) in [5.41, 5.74) is 5.35. The monoisotopic (exact) mass is 303 g/mol. The smallest absolute Gasteiger partial charge is 0.330 e. The topological polar surface area (TPSA) is 84.2 Å². The fraction of sp³-hybridized carbons (Fsp3) is 1.00. The Morgan fingerprint density at radius 3 is 2.16 bits per heavy atom. The normalized spacial score (nSPS) is 20.4. The van der Waals surface area contributed by atoms with Crippen LogP contribution in [0.3, 0.4) is 0 Å². The van der Waals surface area contributed by atoms with E-state index < -0.39 is 22.9 Å². The summed E-state index contributed by atoms with van der Waals surface area (Å²) in [7, 11) is -4.14. The van der Waals surface area contributed by atoms with Crippen LogP contribution in [0.2, 0.25) is 0 Å². The van der Waals surface area contributed by atoms with Crippen LogP contribution in [0.5, 0.6) is 0 Å². The zero-order chi connectivity index (χ0) is 14.6. The second-order valence-corrected chi connectivity index (χ2v) is 6.61. The van der Waals surface area contributed by atoms with E-state index in [9.17, 15) is 21.6 Å². The molecule has 0 saturated heterocycles. The Labute approximate surface area is 111 Å². The van der Waals surface area contributed by atoms with Gasteiger partial charge in [-0.1, -0.05) is 19.3 Å². The zero-order valence-electron chi connectivity index (χ0n) is 10.6. The Kier molecular flexibility index (Phi) is 5.60. The van der Waals surface area contributed by atoms with Crippen molar-refractivity contribution in [2.75, 3.05) is 19.6 Å². The van der Waals surface area contributed by atoms with E-state index in [0.717, 1.165) is 32.1 Å². The van der Waals surface area contributed by atoms with Gasteiger partial charge in [0.05, 0.1) is 0 Å². The van der Waals surface area contributed by atoms with E-state index in [0.29, 0.717) is 6.54 Å². The highest BCUT2D eigenvalue weighted by atomic mass is 32.2. The molecule has 5 nitrogen and oxygen atoms in total. The number of hydrogen-bond donors (Lipinski definition) is 3. The maximum atomic E-state index is 11.9. The average Bonchev–Trinajstić information content (AvgIpc) is 2.35. The Bertz CT molecular complexity index is 378. The molecule has 0 radical (unpaired) electrons. The van der Waals surface area contributed by atoms with Crippen molar-refractivity contribution in [3.8, 4) is 0 Å². The number of halogens is 3. The van der Waals surface area contributed by atoms with Gasteiger partial charge in [0, 0.05) is 6.54 Å². The van der Waals surface area contributed by atoms with Crippen LogP contribution in [0, 0.1) is 5.41 Å². The summed E-state index contributed by atoms with van der Waals surface area (Å²) in [6, 6.07) is 0. The highest BCUT2D eigenvalue weighted by Gasteiger charge is 2.33. The molecular formula is C10H20F3N3O2S. The first-order valence-corrected chi connectivity index (χ1v) is 7.67. The highest BCUT2D eigenvalue weighted by Crippen LogP contribution is 2.34. The van der Waals surface area contributed by atoms with Crippen LogP contribution in [0.4, 0.5) is 13.2 Å². The SMILES string of the molecule is NCC1(CNS(=O)(=O)NCC(F)(F)F)CCCCC1. The summed E-state index contributed by atoms with van der Waals surface area (Å²) in [5, 5.41) is 0. The van der Waals surface area contributed by atoms with Gasteiger partial charge >= 0.3 is 6.18 Å². The first-order chi connectivity index (χ1) is 8.68. The highest BCUT2D eigenvalue weighted by molar-refractivity contribution is 7.87. The lowest BCUT2D eigenvalue weighted by Gasteiger charge is -2.36. The molecule has 9 heteroatoms. The van der Waals surface area contributed by atoms with Crippen molar-refractivity contribution in [3.05, 3.63) is 0 Å². The lowest BCUT2D eigenvalue weighted by molar-refractivity contribution is -0.121. The van der Waals surface area contributed by atoms with Crippen LogP contribution in [0.15, 0.2) is 0 Å². The van der Waals surface area contributed by atoms with Crippen molar-refractivity contribution in [2.45, 2.75) is 38.3 Å². The summed E-state index contributed by atoms with van der Waals surface area (Å²) in [5.74, 6) is 0. The van der Waals surface area contributed by atoms with Gasteiger partial charge in [-0.2, -0.15) is 26.3 Å². The maximum absolute atomic E-state index is 11.9. The standard InChI is InChI=1S/C10H20F3N3O2S/c11-10(12,13)8-16-19(17,18)15-7-9(6-14)4-2-1-3-5-9/h15-16H,1-8,14H2. The van der Waals surface area contributed by atoms with Crippen molar-refractivity contribution in [1.29, 1.82) is 0 Å². The lowest BCUT2D eigenvalue weighted by atomic mass is 9.74. The number of alkyl halides is 3. The Morgan fingerprint density at radius 2 is 1.68 bits per heavy atom. The Hall–Kier alpha value is -0.380. The molecule has 0 aromatic heterocycles. The molecule has 1 fully saturated rings. The van der Waals surface area contributed by atoms with Crippen molar-refractivity contribution in [2.24, 2.45) is 11.1 Å². The molecule has 1 rings (SSSR count). The van der Waals surface area contributed by atoms with Crippen LogP contribution in [0.25, 0.3) is 0 Å². The van der Waals surface area contributed by atoms with E-state index in [1.165, 1.54) is 4.72 Å². The first kappa shape index (κ1) is 16.7. The minimum Gasteiger partial charge on any atom is -0.330 e. The molecule has 0 atom stereocenters. The van der Waals surface area contributed by atoms with Crippen molar-refractivity contribution in [3.63, 3.8) is 0 Å². The molecule has 1 aliphatic rings. The van der Waals surface area contributed by atoms with Gasteiger partial charge in [-0.3, -0.25) is 0 Å². The van der Waals surface area contributed by atoms with Gasteiger partial charge in [0.1, 0.15) is 6.54 Å². The molecule has 19 heavy (non-hydrogen) atoms. The summed E-state index contributed by atoms with van der Waals surface area (Å²) in [4.78, 5) is 0. The van der Waals surface area contributed by atoms with Crippen LogP contribution in [-0.4, -0.2) is 34.2 Å². The maximum Gasteiger partial charge on any atom is 0.402 e. The zero-order valence-corrected chi connectivity index (χ0v) is 11.4. The predicted octanol–water partition coefficient (Wildman–Crippen LogP) is 0.882. The molecule has 0 aromatic rings. The number of nitrogens with one attached hydrogen (secondary N) is 2. The van der Waals surface area contributed by atoms with Crippen molar-refractivity contribution < 1.29 is 21.6 Å². The van der Waals surface area contributed by atoms with Gasteiger partial charge < -0.3 is 5.73 Å². The molecular weight excluding hydrogens is 283 g/mol. The van der Waals surface area contributed by atoms with Gasteiger partial charge in [-0.15, -0.1) is 0 Å². The molecule has 0 aromatic carbocycles. The van der Waals surface area contributed by atoms with E-state index in [1.54, 1.807) is 0 Å². The van der Waals surface area contributed by atoms with Gasteiger partial charge in [-0.25, -0.2) is 4.72 Å². The average molecular weight is 303 g/mol. The van der Waals surface area contributed by atoms with Gasteiger partial charge in [0.15, 0.2) is 0 Å². The van der Waals surface area contributed by atoms with E-state index in [4.69, 9.17) is 5.73 Å². The molecule has 1 aliphatic carbocycles. The summed E-state index contributed by atoms with van der Waals surface area (Å²) >= 11 is 0. The van der Waals surface area contributed by atoms with Crippen molar-refractivity contribution in [1.82, 2.24) is 9.44 Å². The van der Waals surface area contributed by atoms with E-state index >= 15 is 0 Å². The minimum atomic E-state index is -4.56. The largest absolute Gasteiger partial charge is 0.402 e.